The third-order valence-corrected chi connectivity index (χ3v) is 4.80. The Balaban J connectivity index is 1.43. The molecule has 3 fully saturated rings. The van der Waals surface area contributed by atoms with Gasteiger partial charge in [0.05, 0.1) is 19.8 Å². The molecule has 1 N–H and O–H groups in total. The topological polar surface area (TPSA) is 33.7 Å². The van der Waals surface area contributed by atoms with Gasteiger partial charge in [0.15, 0.2) is 0 Å². The maximum absolute atomic E-state index is 5.65. The molecule has 0 radical (unpaired) electrons. The van der Waals surface area contributed by atoms with Crippen LogP contribution in [0.3, 0.4) is 0 Å². The van der Waals surface area contributed by atoms with E-state index in [1.54, 1.807) is 7.11 Å². The number of hydrogen-bond acceptors (Lipinski definition) is 4. The molecule has 1 heterocycles. The fourth-order valence-corrected chi connectivity index (χ4v) is 3.30. The van der Waals surface area contributed by atoms with E-state index in [0.717, 1.165) is 43.7 Å². The van der Waals surface area contributed by atoms with E-state index in [1.807, 2.05) is 0 Å². The van der Waals surface area contributed by atoms with Crippen LogP contribution >= 0.6 is 0 Å². The predicted molar refractivity (Wildman–Crippen MR) is 75.3 cm³/mol. The molecule has 4 heteroatoms. The van der Waals surface area contributed by atoms with E-state index in [1.165, 1.54) is 38.8 Å². The number of ether oxygens (including phenoxy) is 2. The van der Waals surface area contributed by atoms with Gasteiger partial charge in [-0.3, -0.25) is 4.90 Å². The molecule has 2 aliphatic carbocycles. The lowest BCUT2D eigenvalue weighted by molar-refractivity contribution is 0.0338. The van der Waals surface area contributed by atoms with Crippen molar-refractivity contribution in [3.05, 3.63) is 0 Å². The average Bonchev–Trinajstić information content (AvgIpc) is 3.31. The highest BCUT2D eigenvalue weighted by Crippen LogP contribution is 2.39. The summed E-state index contributed by atoms with van der Waals surface area (Å²) in [5.74, 6) is 1.91. The zero-order valence-electron chi connectivity index (χ0n) is 12.1. The van der Waals surface area contributed by atoms with Gasteiger partial charge in [-0.2, -0.15) is 0 Å². The molecule has 0 bridgehead atoms. The summed E-state index contributed by atoms with van der Waals surface area (Å²) in [6.45, 7) is 5.81. The van der Waals surface area contributed by atoms with Gasteiger partial charge in [0.1, 0.15) is 0 Å². The summed E-state index contributed by atoms with van der Waals surface area (Å²) in [6, 6.07) is 1.51. The second-order valence-electron chi connectivity index (χ2n) is 6.36. The molecule has 0 aromatic rings. The molecule has 2 unspecified atom stereocenters. The molecule has 1 saturated heterocycles. The number of rotatable bonds is 8. The van der Waals surface area contributed by atoms with E-state index in [0.29, 0.717) is 6.61 Å². The minimum absolute atomic E-state index is 0.707. The standard InChI is InChI=1S/C15H28N2O2/c1-18-8-9-19-7-6-17-11-14(12-2-3-12)16-10-15(17)13-4-5-13/h12-16H,2-11H2,1H3. The lowest BCUT2D eigenvalue weighted by atomic mass is 10.0. The predicted octanol–water partition coefficient (Wildman–Crippen LogP) is 1.11. The second kappa shape index (κ2) is 6.53. The van der Waals surface area contributed by atoms with Gasteiger partial charge in [0.25, 0.3) is 0 Å². The maximum Gasteiger partial charge on any atom is 0.0700 e. The molecule has 0 aromatic carbocycles. The molecule has 1 aliphatic heterocycles. The van der Waals surface area contributed by atoms with Crippen molar-refractivity contribution < 1.29 is 9.47 Å². The Hall–Kier alpha value is -0.160. The Kier molecular flexibility index (Phi) is 4.74. The summed E-state index contributed by atoms with van der Waals surface area (Å²) < 4.78 is 10.7. The Morgan fingerprint density at radius 2 is 1.84 bits per heavy atom. The first-order valence-corrected chi connectivity index (χ1v) is 7.92. The zero-order valence-corrected chi connectivity index (χ0v) is 12.1. The summed E-state index contributed by atoms with van der Waals surface area (Å²) >= 11 is 0. The highest BCUT2D eigenvalue weighted by molar-refractivity contribution is 4.98. The van der Waals surface area contributed by atoms with E-state index in [2.05, 4.69) is 10.2 Å². The second-order valence-corrected chi connectivity index (χ2v) is 6.36. The van der Waals surface area contributed by atoms with Gasteiger partial charge < -0.3 is 14.8 Å². The van der Waals surface area contributed by atoms with Gasteiger partial charge in [0, 0.05) is 38.8 Å². The number of nitrogens with zero attached hydrogens (tertiary/aromatic N) is 1. The van der Waals surface area contributed by atoms with Crippen molar-refractivity contribution in [2.24, 2.45) is 11.8 Å². The van der Waals surface area contributed by atoms with Crippen LogP contribution in [0.2, 0.25) is 0 Å². The smallest absolute Gasteiger partial charge is 0.0700 e. The molecule has 2 saturated carbocycles. The minimum atomic E-state index is 0.707. The molecule has 2 atom stereocenters. The fourth-order valence-electron chi connectivity index (χ4n) is 3.30. The van der Waals surface area contributed by atoms with E-state index in [4.69, 9.17) is 9.47 Å². The van der Waals surface area contributed by atoms with E-state index in [9.17, 15) is 0 Å². The molecule has 0 amide bonds. The molecule has 0 spiro atoms. The first-order chi connectivity index (χ1) is 9.38. The Bertz CT molecular complexity index is 279. The normalized spacial score (nSPS) is 32.7. The summed E-state index contributed by atoms with van der Waals surface area (Å²) in [5, 5.41) is 3.79. The van der Waals surface area contributed by atoms with Crippen molar-refractivity contribution in [3.8, 4) is 0 Å². The van der Waals surface area contributed by atoms with Crippen molar-refractivity contribution in [2.45, 2.75) is 37.8 Å². The largest absolute Gasteiger partial charge is 0.382 e. The first-order valence-electron chi connectivity index (χ1n) is 7.92. The van der Waals surface area contributed by atoms with Gasteiger partial charge in [-0.25, -0.2) is 0 Å². The molecule has 0 aromatic heterocycles. The van der Waals surface area contributed by atoms with Crippen LogP contribution in [0.15, 0.2) is 0 Å². The van der Waals surface area contributed by atoms with E-state index >= 15 is 0 Å². The lowest BCUT2D eigenvalue weighted by Gasteiger charge is -2.41. The monoisotopic (exact) mass is 268 g/mol. The third-order valence-electron chi connectivity index (χ3n) is 4.80. The van der Waals surface area contributed by atoms with Crippen LogP contribution < -0.4 is 5.32 Å². The SMILES string of the molecule is COCCOCCN1CC(C2CC2)NCC1C1CC1. The van der Waals surface area contributed by atoms with Crippen LogP contribution in [-0.4, -0.2) is 63.5 Å². The zero-order chi connectivity index (χ0) is 13.1. The highest BCUT2D eigenvalue weighted by Gasteiger charge is 2.42. The van der Waals surface area contributed by atoms with Gasteiger partial charge in [0.2, 0.25) is 0 Å². The number of methoxy groups -OCH3 is 1. The van der Waals surface area contributed by atoms with Crippen LogP contribution in [-0.2, 0) is 9.47 Å². The van der Waals surface area contributed by atoms with Crippen LogP contribution in [0.1, 0.15) is 25.7 Å². The van der Waals surface area contributed by atoms with Crippen molar-refractivity contribution in [2.75, 3.05) is 46.6 Å². The molecular formula is C15H28N2O2. The Labute approximate surface area is 116 Å². The first kappa shape index (κ1) is 13.8. The van der Waals surface area contributed by atoms with Gasteiger partial charge in [-0.05, 0) is 37.5 Å². The van der Waals surface area contributed by atoms with Crippen LogP contribution in [0.25, 0.3) is 0 Å². The molecule has 3 rings (SSSR count). The molecule has 4 nitrogen and oxygen atoms in total. The number of hydrogen-bond donors (Lipinski definition) is 1. The van der Waals surface area contributed by atoms with Crippen LogP contribution in [0, 0.1) is 11.8 Å². The quantitative estimate of drug-likeness (QED) is 0.669. The van der Waals surface area contributed by atoms with Crippen molar-refractivity contribution in [1.29, 1.82) is 0 Å². The lowest BCUT2D eigenvalue weighted by Crippen LogP contribution is -2.58. The molecule has 19 heavy (non-hydrogen) atoms. The average molecular weight is 268 g/mol. The van der Waals surface area contributed by atoms with Crippen molar-refractivity contribution in [1.82, 2.24) is 10.2 Å². The molecular weight excluding hydrogens is 240 g/mol. The van der Waals surface area contributed by atoms with Crippen LogP contribution in [0.4, 0.5) is 0 Å². The third kappa shape index (κ3) is 3.91. The maximum atomic E-state index is 5.65. The van der Waals surface area contributed by atoms with Gasteiger partial charge >= 0.3 is 0 Å². The summed E-state index contributed by atoms with van der Waals surface area (Å²) in [4.78, 5) is 2.70. The van der Waals surface area contributed by atoms with Crippen molar-refractivity contribution >= 4 is 0 Å². The summed E-state index contributed by atoms with van der Waals surface area (Å²) in [6.07, 6.45) is 5.73. The van der Waals surface area contributed by atoms with E-state index < -0.39 is 0 Å². The molecule has 110 valence electrons. The van der Waals surface area contributed by atoms with Crippen molar-refractivity contribution in [3.63, 3.8) is 0 Å². The fraction of sp³-hybridized carbons (Fsp3) is 1.00. The Morgan fingerprint density at radius 1 is 1.05 bits per heavy atom. The minimum Gasteiger partial charge on any atom is -0.382 e. The van der Waals surface area contributed by atoms with E-state index in [-0.39, 0.29) is 0 Å². The summed E-state index contributed by atoms with van der Waals surface area (Å²) in [5.41, 5.74) is 0. The highest BCUT2D eigenvalue weighted by atomic mass is 16.5. The molecule has 3 aliphatic rings. The van der Waals surface area contributed by atoms with Gasteiger partial charge in [-0.15, -0.1) is 0 Å². The summed E-state index contributed by atoms with van der Waals surface area (Å²) in [7, 11) is 1.73. The number of piperazine rings is 1. The Morgan fingerprint density at radius 3 is 2.53 bits per heavy atom. The number of nitrogens with one attached hydrogen (secondary N) is 1. The van der Waals surface area contributed by atoms with Crippen LogP contribution in [0.5, 0.6) is 0 Å². The van der Waals surface area contributed by atoms with Gasteiger partial charge in [-0.1, -0.05) is 0 Å².